The van der Waals surface area contributed by atoms with Crippen LogP contribution >= 0.6 is 0 Å². The second-order valence-corrected chi connectivity index (χ2v) is 9.20. The summed E-state index contributed by atoms with van der Waals surface area (Å²) in [5, 5.41) is 0. The zero-order chi connectivity index (χ0) is 21.1. The smallest absolute Gasteiger partial charge is 0.328 e. The second-order valence-electron chi connectivity index (χ2n) is 6.96. The van der Waals surface area contributed by atoms with E-state index < -0.39 is 20.7 Å². The van der Waals surface area contributed by atoms with Crippen molar-refractivity contribution in [3.05, 3.63) is 59.7 Å². The summed E-state index contributed by atoms with van der Waals surface area (Å²) in [5.74, 6) is 0.671. The number of ether oxygens (including phenoxy) is 3. The Kier molecular flexibility index (Phi) is 6.14. The highest BCUT2D eigenvalue weighted by Crippen LogP contribution is 2.47. The van der Waals surface area contributed by atoms with Gasteiger partial charge >= 0.3 is 5.97 Å². The first-order valence-corrected chi connectivity index (χ1v) is 10.6. The second kappa shape index (κ2) is 8.42. The fourth-order valence-corrected chi connectivity index (χ4v) is 5.25. The number of carbonyl (C=O) groups is 1. The van der Waals surface area contributed by atoms with Gasteiger partial charge in [0.25, 0.3) is 0 Å². The SMILES string of the molecule is COC(=O)C1(S(=O)(=O)N(Cc2ccc(OC)cc2)Cc2ccc(OC)cc2)CC1. The van der Waals surface area contributed by atoms with Crippen LogP contribution in [0.4, 0.5) is 0 Å². The average Bonchev–Trinajstić information content (AvgIpc) is 3.56. The zero-order valence-corrected chi connectivity index (χ0v) is 17.6. The fraction of sp³-hybridized carbons (Fsp3) is 0.381. The molecule has 29 heavy (non-hydrogen) atoms. The van der Waals surface area contributed by atoms with Gasteiger partial charge in [-0.3, -0.25) is 4.79 Å². The molecule has 0 spiro atoms. The van der Waals surface area contributed by atoms with E-state index in [4.69, 9.17) is 14.2 Å². The molecule has 3 rings (SSSR count). The van der Waals surface area contributed by atoms with E-state index in [1.54, 1.807) is 38.5 Å². The Morgan fingerprint density at radius 3 is 1.59 bits per heavy atom. The van der Waals surface area contributed by atoms with Crippen molar-refractivity contribution in [1.29, 1.82) is 0 Å². The van der Waals surface area contributed by atoms with E-state index in [9.17, 15) is 13.2 Å². The maximum Gasteiger partial charge on any atom is 0.328 e. The van der Waals surface area contributed by atoms with Crippen LogP contribution in [0.1, 0.15) is 24.0 Å². The van der Waals surface area contributed by atoms with Crippen molar-refractivity contribution < 1.29 is 27.4 Å². The molecule has 1 aliphatic carbocycles. The topological polar surface area (TPSA) is 82.1 Å². The van der Waals surface area contributed by atoms with Crippen LogP contribution in [0, 0.1) is 0 Å². The molecule has 2 aromatic rings. The van der Waals surface area contributed by atoms with E-state index in [1.807, 2.05) is 24.3 Å². The largest absolute Gasteiger partial charge is 0.497 e. The first-order valence-electron chi connectivity index (χ1n) is 9.20. The van der Waals surface area contributed by atoms with Crippen molar-refractivity contribution in [1.82, 2.24) is 4.31 Å². The number of nitrogens with zero attached hydrogens (tertiary/aromatic N) is 1. The molecule has 0 radical (unpaired) electrons. The van der Waals surface area contributed by atoms with Crippen LogP contribution < -0.4 is 9.47 Å². The van der Waals surface area contributed by atoms with Crippen molar-refractivity contribution in [3.63, 3.8) is 0 Å². The molecule has 2 aromatic carbocycles. The predicted molar refractivity (Wildman–Crippen MR) is 108 cm³/mol. The molecule has 0 saturated heterocycles. The minimum atomic E-state index is -3.93. The first kappa shape index (κ1) is 21.1. The van der Waals surface area contributed by atoms with Crippen molar-refractivity contribution in [2.24, 2.45) is 0 Å². The number of esters is 1. The minimum absolute atomic E-state index is 0.136. The molecule has 0 heterocycles. The van der Waals surface area contributed by atoms with Crippen LogP contribution in [0.15, 0.2) is 48.5 Å². The van der Waals surface area contributed by atoms with E-state index in [1.165, 1.54) is 11.4 Å². The van der Waals surface area contributed by atoms with E-state index >= 15 is 0 Å². The number of sulfonamides is 1. The van der Waals surface area contributed by atoms with Crippen molar-refractivity contribution in [2.45, 2.75) is 30.7 Å². The molecule has 8 heteroatoms. The average molecular weight is 419 g/mol. The summed E-state index contributed by atoms with van der Waals surface area (Å²) < 4.78 is 41.9. The lowest BCUT2D eigenvalue weighted by Crippen LogP contribution is -2.44. The molecule has 0 N–H and O–H groups in total. The fourth-order valence-electron chi connectivity index (χ4n) is 3.21. The lowest BCUT2D eigenvalue weighted by Gasteiger charge is -2.26. The Morgan fingerprint density at radius 1 is 0.862 bits per heavy atom. The van der Waals surface area contributed by atoms with E-state index in [2.05, 4.69) is 0 Å². The summed E-state index contributed by atoms with van der Waals surface area (Å²) in [4.78, 5) is 12.3. The van der Waals surface area contributed by atoms with Crippen LogP contribution in [0.5, 0.6) is 11.5 Å². The molecule has 0 aromatic heterocycles. The molecule has 0 unspecified atom stereocenters. The first-order chi connectivity index (χ1) is 13.9. The summed E-state index contributed by atoms with van der Waals surface area (Å²) in [5.41, 5.74) is 1.59. The summed E-state index contributed by atoms with van der Waals surface area (Å²) in [6.07, 6.45) is 0.535. The maximum absolute atomic E-state index is 13.4. The van der Waals surface area contributed by atoms with Crippen LogP contribution in [0.2, 0.25) is 0 Å². The number of carbonyl (C=O) groups excluding carboxylic acids is 1. The normalized spacial score (nSPS) is 15.0. The van der Waals surface area contributed by atoms with Gasteiger partial charge in [-0.25, -0.2) is 8.42 Å². The maximum atomic E-state index is 13.4. The van der Waals surface area contributed by atoms with Gasteiger partial charge in [-0.2, -0.15) is 4.31 Å². The standard InChI is InChI=1S/C21H25NO6S/c1-26-18-8-4-16(5-9-18)14-22(15-17-6-10-19(27-2)11-7-17)29(24,25)21(12-13-21)20(23)28-3/h4-11H,12-15H2,1-3H3. The van der Waals surface area contributed by atoms with Gasteiger partial charge in [0, 0.05) is 13.1 Å². The van der Waals surface area contributed by atoms with Gasteiger partial charge in [0.15, 0.2) is 4.75 Å². The zero-order valence-electron chi connectivity index (χ0n) is 16.8. The molecule has 0 amide bonds. The van der Waals surface area contributed by atoms with Crippen molar-refractivity contribution >= 4 is 16.0 Å². The highest BCUT2D eigenvalue weighted by atomic mass is 32.2. The number of methoxy groups -OCH3 is 3. The summed E-state index contributed by atoms with van der Waals surface area (Å²) in [6.45, 7) is 0.272. The minimum Gasteiger partial charge on any atom is -0.497 e. The van der Waals surface area contributed by atoms with Crippen LogP contribution in [-0.2, 0) is 32.6 Å². The van der Waals surface area contributed by atoms with Crippen molar-refractivity contribution in [3.8, 4) is 11.5 Å². The van der Waals surface area contributed by atoms with Crippen molar-refractivity contribution in [2.75, 3.05) is 21.3 Å². The Bertz CT molecular complexity index is 900. The Balaban J connectivity index is 1.92. The van der Waals surface area contributed by atoms with Crippen LogP contribution in [0.3, 0.4) is 0 Å². The molecular weight excluding hydrogens is 394 g/mol. The number of hydrogen-bond acceptors (Lipinski definition) is 6. The van der Waals surface area contributed by atoms with Gasteiger partial charge in [-0.15, -0.1) is 0 Å². The third kappa shape index (κ3) is 4.23. The summed E-state index contributed by atoms with van der Waals surface area (Å²) in [6, 6.07) is 14.4. The molecular formula is C21H25NO6S. The quantitative estimate of drug-likeness (QED) is 0.582. The highest BCUT2D eigenvalue weighted by Gasteiger charge is 2.63. The van der Waals surface area contributed by atoms with Gasteiger partial charge in [-0.1, -0.05) is 24.3 Å². The van der Waals surface area contributed by atoms with Gasteiger partial charge < -0.3 is 14.2 Å². The van der Waals surface area contributed by atoms with Crippen LogP contribution in [-0.4, -0.2) is 44.8 Å². The Labute approximate surface area is 171 Å². The molecule has 0 bridgehead atoms. The Hall–Kier alpha value is -2.58. The molecule has 1 fully saturated rings. The monoisotopic (exact) mass is 419 g/mol. The van der Waals surface area contributed by atoms with Crippen LogP contribution in [0.25, 0.3) is 0 Å². The predicted octanol–water partition coefficient (Wildman–Crippen LogP) is 2.74. The Morgan fingerprint density at radius 2 is 1.28 bits per heavy atom. The van der Waals surface area contributed by atoms with Gasteiger partial charge in [0.05, 0.1) is 21.3 Å². The van der Waals surface area contributed by atoms with Gasteiger partial charge in [-0.05, 0) is 48.2 Å². The van der Waals surface area contributed by atoms with E-state index in [-0.39, 0.29) is 25.9 Å². The highest BCUT2D eigenvalue weighted by molar-refractivity contribution is 7.91. The molecule has 156 valence electrons. The molecule has 0 atom stereocenters. The van der Waals surface area contributed by atoms with Gasteiger partial charge in [0.1, 0.15) is 11.5 Å². The lowest BCUT2D eigenvalue weighted by molar-refractivity contribution is -0.141. The van der Waals surface area contributed by atoms with E-state index in [0.717, 1.165) is 11.1 Å². The third-order valence-electron chi connectivity index (χ3n) is 5.13. The summed E-state index contributed by atoms with van der Waals surface area (Å²) in [7, 11) is 0.429. The summed E-state index contributed by atoms with van der Waals surface area (Å²) >= 11 is 0. The number of benzene rings is 2. The van der Waals surface area contributed by atoms with E-state index in [0.29, 0.717) is 11.5 Å². The lowest BCUT2D eigenvalue weighted by atomic mass is 10.2. The third-order valence-corrected chi connectivity index (χ3v) is 7.63. The molecule has 0 aliphatic heterocycles. The number of rotatable bonds is 9. The molecule has 7 nitrogen and oxygen atoms in total. The van der Waals surface area contributed by atoms with Gasteiger partial charge in [0.2, 0.25) is 10.0 Å². The number of hydrogen-bond donors (Lipinski definition) is 0. The molecule has 1 saturated carbocycles. The molecule has 1 aliphatic rings.